The second-order valence-electron chi connectivity index (χ2n) is 13.2. The third-order valence-corrected chi connectivity index (χ3v) is 11.9. The van der Waals surface area contributed by atoms with E-state index in [1.165, 1.54) is 28.6 Å². The molecule has 2 aromatic rings. The number of amides is 2. The molecule has 49 heavy (non-hydrogen) atoms. The summed E-state index contributed by atoms with van der Waals surface area (Å²) in [4.78, 5) is 34.9. The van der Waals surface area contributed by atoms with Gasteiger partial charge in [-0.3, -0.25) is 9.59 Å². The average Bonchev–Trinajstić information content (AvgIpc) is 3.45. The van der Waals surface area contributed by atoms with E-state index in [-0.39, 0.29) is 90.6 Å². The van der Waals surface area contributed by atoms with E-state index in [2.05, 4.69) is 4.98 Å². The molecule has 270 valence electrons. The molecule has 0 spiro atoms. The lowest BCUT2D eigenvalue weighted by Crippen LogP contribution is -2.49. The van der Waals surface area contributed by atoms with Gasteiger partial charge in [-0.05, 0) is 88.0 Å². The van der Waals surface area contributed by atoms with Crippen molar-refractivity contribution >= 4 is 44.9 Å². The predicted octanol–water partition coefficient (Wildman–Crippen LogP) is 2.73. The average molecular weight is 725 g/mol. The number of pyridine rings is 1. The molecule has 6 N–H and O–H groups in total. The van der Waals surface area contributed by atoms with Crippen molar-refractivity contribution in [2.45, 2.75) is 61.8 Å². The molecule has 5 rings (SSSR count). The molecule has 1 aliphatic carbocycles. The van der Waals surface area contributed by atoms with Gasteiger partial charge in [-0.1, -0.05) is 11.6 Å². The number of sulfonamides is 1. The fourth-order valence-electron chi connectivity index (χ4n) is 7.02. The lowest BCUT2D eigenvalue weighted by molar-refractivity contribution is -0.139. The first-order valence-electron chi connectivity index (χ1n) is 17.0. The van der Waals surface area contributed by atoms with Crippen LogP contribution < -0.4 is 27.0 Å². The third kappa shape index (κ3) is 8.51. The van der Waals surface area contributed by atoms with Crippen LogP contribution in [0.5, 0.6) is 0 Å². The fourth-order valence-corrected chi connectivity index (χ4v) is 8.65. The van der Waals surface area contributed by atoms with Gasteiger partial charge in [0.1, 0.15) is 11.0 Å². The normalized spacial score (nSPS) is 22.5. The number of aromatic nitrogens is 1. The second-order valence-corrected chi connectivity index (χ2v) is 15.5. The maximum Gasteiger partial charge on any atom is 0.276 e. The molecule has 0 bridgehead atoms. The lowest BCUT2D eigenvalue weighted by atomic mass is 9.77. The Morgan fingerprint density at radius 1 is 0.980 bits per heavy atom. The van der Waals surface area contributed by atoms with Crippen molar-refractivity contribution in [2.24, 2.45) is 29.0 Å². The van der Waals surface area contributed by atoms with E-state index in [9.17, 15) is 18.0 Å². The van der Waals surface area contributed by atoms with Crippen LogP contribution in [0.3, 0.4) is 0 Å². The SMILES string of the molecule is NCCCN(CCCN)C(=O)C1CCC(C(F)(F)c2cc(Cl)nc(N3CCN(S(=O)(=O)c4ccc(N5C[C@H](N)CC5=O)cc4)CC3)c2)CC1. The first-order chi connectivity index (χ1) is 23.3. The number of halogens is 3. The van der Waals surface area contributed by atoms with E-state index in [0.29, 0.717) is 64.1 Å². The van der Waals surface area contributed by atoms with Gasteiger partial charge in [0.05, 0.1) is 4.90 Å². The fraction of sp³-hybridized carbons (Fsp3) is 0.606. The Kier molecular flexibility index (Phi) is 12.1. The molecule has 3 aliphatic rings. The zero-order chi connectivity index (χ0) is 35.3. The van der Waals surface area contributed by atoms with Crippen molar-refractivity contribution in [1.29, 1.82) is 0 Å². The molecule has 1 saturated carbocycles. The minimum Gasteiger partial charge on any atom is -0.354 e. The van der Waals surface area contributed by atoms with Crippen molar-refractivity contribution in [3.05, 3.63) is 47.1 Å². The molecule has 3 fully saturated rings. The summed E-state index contributed by atoms with van der Waals surface area (Å²) in [6, 6.07) is 8.44. The Labute approximate surface area is 291 Å². The van der Waals surface area contributed by atoms with Gasteiger partial charge in [0, 0.05) is 81.4 Å². The number of carbonyl (C=O) groups excluding carboxylic acids is 2. The zero-order valence-electron chi connectivity index (χ0n) is 27.7. The van der Waals surface area contributed by atoms with E-state index >= 15 is 8.78 Å². The highest BCUT2D eigenvalue weighted by Gasteiger charge is 2.45. The van der Waals surface area contributed by atoms with E-state index < -0.39 is 21.9 Å². The highest BCUT2D eigenvalue weighted by atomic mass is 35.5. The summed E-state index contributed by atoms with van der Waals surface area (Å²) < 4.78 is 60.2. The Bertz CT molecular complexity index is 1560. The molecule has 1 atom stereocenters. The van der Waals surface area contributed by atoms with Gasteiger partial charge in [0.25, 0.3) is 5.92 Å². The summed E-state index contributed by atoms with van der Waals surface area (Å²) in [5, 5.41) is -0.0703. The van der Waals surface area contributed by atoms with Crippen molar-refractivity contribution in [1.82, 2.24) is 14.2 Å². The Morgan fingerprint density at radius 2 is 1.59 bits per heavy atom. The zero-order valence-corrected chi connectivity index (χ0v) is 29.2. The Morgan fingerprint density at radius 3 is 2.14 bits per heavy atom. The lowest BCUT2D eigenvalue weighted by Gasteiger charge is -2.37. The van der Waals surface area contributed by atoms with Gasteiger partial charge < -0.3 is 31.9 Å². The monoisotopic (exact) mass is 724 g/mol. The van der Waals surface area contributed by atoms with Crippen LogP contribution in [0.4, 0.5) is 20.3 Å². The van der Waals surface area contributed by atoms with Crippen molar-refractivity contribution in [3.8, 4) is 0 Å². The molecule has 2 saturated heterocycles. The molecule has 1 aromatic carbocycles. The first-order valence-corrected chi connectivity index (χ1v) is 18.8. The van der Waals surface area contributed by atoms with E-state index in [4.69, 9.17) is 28.8 Å². The summed E-state index contributed by atoms with van der Waals surface area (Å²) in [7, 11) is -3.84. The molecule has 1 aromatic heterocycles. The molecular weight excluding hydrogens is 678 g/mol. The topological polar surface area (TPSA) is 172 Å². The molecule has 2 aliphatic heterocycles. The van der Waals surface area contributed by atoms with Gasteiger partial charge in [0.15, 0.2) is 0 Å². The molecule has 0 unspecified atom stereocenters. The van der Waals surface area contributed by atoms with Gasteiger partial charge >= 0.3 is 0 Å². The molecule has 3 heterocycles. The smallest absolute Gasteiger partial charge is 0.276 e. The Hall–Kier alpha value is -2.95. The highest BCUT2D eigenvalue weighted by Crippen LogP contribution is 2.46. The summed E-state index contributed by atoms with van der Waals surface area (Å²) in [6.07, 6.45) is 2.73. The number of rotatable bonds is 13. The summed E-state index contributed by atoms with van der Waals surface area (Å²) in [6.45, 7) is 3.08. The van der Waals surface area contributed by atoms with Crippen molar-refractivity contribution < 1.29 is 26.8 Å². The standard InChI is InChI=1S/C33H47ClF2N8O4S/c34-29-19-25(33(35,36)24-5-3-23(4-6-24)32(46)42(13-1-11-37)14-2-12-38)20-30(40-29)41-15-17-43(18-16-41)49(47,48)28-9-7-27(8-10-28)44-22-26(39)21-31(44)45/h7-10,19-20,23-24,26H,1-6,11-18,21-22,37-39H2/t23?,24?,26-/m1/s1. The van der Waals surface area contributed by atoms with Crippen LogP contribution in [-0.2, 0) is 25.5 Å². The Balaban J connectivity index is 1.20. The number of anilines is 2. The number of hydrogen-bond donors (Lipinski definition) is 3. The molecular formula is C33H47ClF2N8O4S. The number of piperazine rings is 1. The minimum absolute atomic E-state index is 0.0140. The van der Waals surface area contributed by atoms with E-state index in [1.807, 2.05) is 0 Å². The largest absolute Gasteiger partial charge is 0.354 e. The predicted molar refractivity (Wildman–Crippen MR) is 185 cm³/mol. The van der Waals surface area contributed by atoms with Crippen LogP contribution in [-0.4, -0.2) is 99.4 Å². The molecule has 0 radical (unpaired) electrons. The summed E-state index contributed by atoms with van der Waals surface area (Å²) >= 11 is 6.28. The molecule has 12 nitrogen and oxygen atoms in total. The van der Waals surface area contributed by atoms with Gasteiger partial charge in [-0.2, -0.15) is 4.31 Å². The quantitative estimate of drug-likeness (QED) is 0.263. The van der Waals surface area contributed by atoms with E-state index in [0.717, 1.165) is 0 Å². The van der Waals surface area contributed by atoms with Crippen LogP contribution in [0, 0.1) is 11.8 Å². The molecule has 16 heteroatoms. The number of benzene rings is 1. The van der Waals surface area contributed by atoms with Crippen molar-refractivity contribution in [3.63, 3.8) is 0 Å². The third-order valence-electron chi connectivity index (χ3n) is 9.83. The number of hydrogen-bond acceptors (Lipinski definition) is 9. The number of carbonyl (C=O) groups is 2. The highest BCUT2D eigenvalue weighted by molar-refractivity contribution is 7.89. The maximum absolute atomic E-state index is 16.0. The minimum atomic E-state index is -3.84. The van der Waals surface area contributed by atoms with Crippen LogP contribution in [0.1, 0.15) is 50.5 Å². The second kappa shape index (κ2) is 15.9. The summed E-state index contributed by atoms with van der Waals surface area (Å²) in [5.74, 6) is -4.32. The molecule has 2 amide bonds. The maximum atomic E-state index is 16.0. The van der Waals surface area contributed by atoms with Gasteiger partial charge in [-0.25, -0.2) is 22.2 Å². The van der Waals surface area contributed by atoms with E-state index in [1.54, 1.807) is 26.8 Å². The van der Waals surface area contributed by atoms with Crippen molar-refractivity contribution in [2.75, 3.05) is 68.7 Å². The first kappa shape index (κ1) is 37.3. The number of nitrogens with two attached hydrogens (primary N) is 3. The van der Waals surface area contributed by atoms with Gasteiger partial charge in [-0.15, -0.1) is 0 Å². The summed E-state index contributed by atoms with van der Waals surface area (Å²) in [5.41, 5.74) is 17.5. The van der Waals surface area contributed by atoms with Crippen LogP contribution in [0.15, 0.2) is 41.3 Å². The number of nitrogens with zero attached hydrogens (tertiary/aromatic N) is 5. The van der Waals surface area contributed by atoms with Crippen LogP contribution in [0.25, 0.3) is 0 Å². The van der Waals surface area contributed by atoms with Gasteiger partial charge in [0.2, 0.25) is 21.8 Å². The van der Waals surface area contributed by atoms with Crippen LogP contribution in [0.2, 0.25) is 5.15 Å². The van der Waals surface area contributed by atoms with Crippen LogP contribution >= 0.6 is 11.6 Å². The number of alkyl halides is 2.